The van der Waals surface area contributed by atoms with Crippen LogP contribution in [-0.4, -0.2) is 18.4 Å². The van der Waals surface area contributed by atoms with Crippen LogP contribution in [0.15, 0.2) is 12.7 Å². The van der Waals surface area contributed by atoms with Crippen LogP contribution in [0.2, 0.25) is 0 Å². The minimum Gasteiger partial charge on any atom is -0.486 e. The number of nitrogens with two attached hydrogens (primary N) is 1. The Morgan fingerprint density at radius 3 is 2.58 bits per heavy atom. The summed E-state index contributed by atoms with van der Waals surface area (Å²) >= 11 is 1.35. The van der Waals surface area contributed by atoms with Gasteiger partial charge in [-0.1, -0.05) is 19.9 Å². The number of hydrogen-bond acceptors (Lipinski definition) is 5. The standard InChI is InChI=1S/C14H22N2O2S/c1-6-7-16-14-12(18-9(4)5)10(15)13(19-14)11(17)8(2)3/h6,8-9,16H,1,7,15H2,2-5H3. The maximum absolute atomic E-state index is 12.1. The van der Waals surface area contributed by atoms with E-state index in [2.05, 4.69) is 11.9 Å². The zero-order chi connectivity index (χ0) is 14.6. The molecule has 4 nitrogen and oxygen atoms in total. The van der Waals surface area contributed by atoms with Crippen LogP contribution in [0, 0.1) is 5.92 Å². The van der Waals surface area contributed by atoms with Gasteiger partial charge in [0.15, 0.2) is 11.5 Å². The normalized spacial score (nSPS) is 10.8. The van der Waals surface area contributed by atoms with Crippen LogP contribution in [0.3, 0.4) is 0 Å². The maximum Gasteiger partial charge on any atom is 0.177 e. The number of hydrogen-bond donors (Lipinski definition) is 2. The topological polar surface area (TPSA) is 64.4 Å². The van der Waals surface area contributed by atoms with E-state index in [1.807, 2.05) is 27.7 Å². The molecule has 0 unspecified atom stereocenters. The van der Waals surface area contributed by atoms with E-state index in [1.165, 1.54) is 11.3 Å². The van der Waals surface area contributed by atoms with Gasteiger partial charge in [0.2, 0.25) is 0 Å². The molecule has 3 N–H and O–H groups in total. The number of nitrogen functional groups attached to an aromatic ring is 1. The quantitative estimate of drug-likeness (QED) is 0.593. The molecule has 0 fully saturated rings. The van der Waals surface area contributed by atoms with Crippen molar-refractivity contribution >= 4 is 27.8 Å². The Kier molecular flexibility index (Phi) is 5.42. The third-order valence-corrected chi connectivity index (χ3v) is 3.57. The summed E-state index contributed by atoms with van der Waals surface area (Å²) in [4.78, 5) is 12.7. The van der Waals surface area contributed by atoms with Crippen molar-refractivity contribution in [3.63, 3.8) is 0 Å². The van der Waals surface area contributed by atoms with E-state index in [-0.39, 0.29) is 17.8 Å². The smallest absolute Gasteiger partial charge is 0.177 e. The Labute approximate surface area is 118 Å². The Bertz CT molecular complexity index is 464. The van der Waals surface area contributed by atoms with E-state index in [0.717, 1.165) is 5.00 Å². The number of carbonyl (C=O) groups is 1. The highest BCUT2D eigenvalue weighted by Crippen LogP contribution is 2.44. The van der Waals surface area contributed by atoms with Crippen molar-refractivity contribution < 1.29 is 9.53 Å². The number of anilines is 2. The highest BCUT2D eigenvalue weighted by molar-refractivity contribution is 7.19. The molecule has 1 rings (SSSR count). The van der Waals surface area contributed by atoms with Gasteiger partial charge in [-0.2, -0.15) is 0 Å². The largest absolute Gasteiger partial charge is 0.486 e. The van der Waals surface area contributed by atoms with Gasteiger partial charge in [-0.3, -0.25) is 4.79 Å². The summed E-state index contributed by atoms with van der Waals surface area (Å²) in [5.41, 5.74) is 6.50. The van der Waals surface area contributed by atoms with Crippen molar-refractivity contribution in [2.75, 3.05) is 17.6 Å². The fourth-order valence-electron chi connectivity index (χ4n) is 1.51. The molecule has 0 aliphatic rings. The van der Waals surface area contributed by atoms with Gasteiger partial charge in [0.25, 0.3) is 0 Å². The minimum atomic E-state index is -0.0832. The summed E-state index contributed by atoms with van der Waals surface area (Å²) in [7, 11) is 0. The molecule has 1 aromatic rings. The van der Waals surface area contributed by atoms with Crippen LogP contribution in [0.4, 0.5) is 10.7 Å². The van der Waals surface area contributed by atoms with Crippen LogP contribution in [-0.2, 0) is 0 Å². The molecule has 0 aliphatic carbocycles. The molecule has 0 aliphatic heterocycles. The van der Waals surface area contributed by atoms with E-state index >= 15 is 0 Å². The SMILES string of the molecule is C=CCNc1sc(C(=O)C(C)C)c(N)c1OC(C)C. The van der Waals surface area contributed by atoms with Crippen molar-refractivity contribution in [1.29, 1.82) is 0 Å². The van der Waals surface area contributed by atoms with E-state index in [4.69, 9.17) is 10.5 Å². The minimum absolute atomic E-state index is 0.00295. The van der Waals surface area contributed by atoms with Gasteiger partial charge in [-0.25, -0.2) is 0 Å². The van der Waals surface area contributed by atoms with Gasteiger partial charge in [-0.15, -0.1) is 17.9 Å². The second kappa shape index (κ2) is 6.61. The third kappa shape index (κ3) is 3.73. The first-order valence-electron chi connectivity index (χ1n) is 6.36. The van der Waals surface area contributed by atoms with Crippen LogP contribution in [0.1, 0.15) is 37.4 Å². The molecule has 5 heteroatoms. The summed E-state index contributed by atoms with van der Waals surface area (Å²) < 4.78 is 5.72. The van der Waals surface area contributed by atoms with Crippen molar-refractivity contribution in [2.24, 2.45) is 5.92 Å². The predicted octanol–water partition coefficient (Wildman–Crippen LogP) is 3.55. The van der Waals surface area contributed by atoms with E-state index < -0.39 is 0 Å². The first-order chi connectivity index (χ1) is 8.88. The molecule has 1 aromatic heterocycles. The highest BCUT2D eigenvalue weighted by Gasteiger charge is 2.24. The number of ether oxygens (including phenoxy) is 1. The van der Waals surface area contributed by atoms with Crippen LogP contribution in [0.25, 0.3) is 0 Å². The number of ketones is 1. The average molecular weight is 282 g/mol. The second-order valence-electron chi connectivity index (χ2n) is 4.86. The monoisotopic (exact) mass is 282 g/mol. The first kappa shape index (κ1) is 15.6. The fourth-order valence-corrected chi connectivity index (χ4v) is 2.66. The lowest BCUT2D eigenvalue weighted by atomic mass is 10.1. The van der Waals surface area contributed by atoms with Crippen molar-refractivity contribution in [3.05, 3.63) is 17.5 Å². The summed E-state index contributed by atoms with van der Waals surface area (Å²) in [5, 5.41) is 3.95. The molecule has 0 saturated heterocycles. The van der Waals surface area contributed by atoms with E-state index in [1.54, 1.807) is 6.08 Å². The summed E-state index contributed by atoms with van der Waals surface area (Å²) in [6.45, 7) is 11.8. The molecule has 0 radical (unpaired) electrons. The lowest BCUT2D eigenvalue weighted by Crippen LogP contribution is -2.10. The summed E-state index contributed by atoms with van der Waals surface area (Å²) in [5.74, 6) is 0.536. The first-order valence-corrected chi connectivity index (χ1v) is 7.18. The van der Waals surface area contributed by atoms with Gasteiger partial charge < -0.3 is 15.8 Å². The number of carbonyl (C=O) groups excluding carboxylic acids is 1. The molecular formula is C14H22N2O2S. The summed E-state index contributed by atoms with van der Waals surface area (Å²) in [6.07, 6.45) is 1.75. The molecule has 0 saturated carbocycles. The zero-order valence-corrected chi connectivity index (χ0v) is 12.8. The molecule has 0 amide bonds. The van der Waals surface area contributed by atoms with Crippen molar-refractivity contribution in [1.82, 2.24) is 0 Å². The molecule has 1 heterocycles. The molecule has 19 heavy (non-hydrogen) atoms. The van der Waals surface area contributed by atoms with Gasteiger partial charge in [-0.05, 0) is 13.8 Å². The Morgan fingerprint density at radius 2 is 2.11 bits per heavy atom. The van der Waals surface area contributed by atoms with Crippen LogP contribution >= 0.6 is 11.3 Å². The third-order valence-electron chi connectivity index (χ3n) is 2.41. The number of thiophene rings is 1. The Hall–Kier alpha value is -1.49. The molecule has 0 aromatic carbocycles. The maximum atomic E-state index is 12.1. The Morgan fingerprint density at radius 1 is 1.47 bits per heavy atom. The molecular weight excluding hydrogens is 260 g/mol. The van der Waals surface area contributed by atoms with Gasteiger partial charge in [0.1, 0.15) is 5.00 Å². The molecule has 0 spiro atoms. The molecule has 106 valence electrons. The van der Waals surface area contributed by atoms with E-state index in [9.17, 15) is 4.79 Å². The average Bonchev–Trinajstić information content (AvgIpc) is 2.63. The second-order valence-corrected chi connectivity index (χ2v) is 5.88. The lowest BCUT2D eigenvalue weighted by molar-refractivity contribution is 0.0944. The number of Topliss-reactive ketones (excluding diaryl/α,β-unsaturated/α-hetero) is 1. The highest BCUT2D eigenvalue weighted by atomic mass is 32.1. The van der Waals surface area contributed by atoms with Crippen molar-refractivity contribution in [3.8, 4) is 5.75 Å². The Balaban J connectivity index is 3.17. The fraction of sp³-hybridized carbons (Fsp3) is 0.500. The van der Waals surface area contributed by atoms with Crippen LogP contribution < -0.4 is 15.8 Å². The molecule has 0 bridgehead atoms. The zero-order valence-electron chi connectivity index (χ0n) is 11.9. The van der Waals surface area contributed by atoms with E-state index in [0.29, 0.717) is 22.9 Å². The van der Waals surface area contributed by atoms with Gasteiger partial charge >= 0.3 is 0 Å². The predicted molar refractivity (Wildman–Crippen MR) is 82.4 cm³/mol. The molecule has 0 atom stereocenters. The van der Waals surface area contributed by atoms with Crippen LogP contribution in [0.5, 0.6) is 5.75 Å². The summed E-state index contributed by atoms with van der Waals surface area (Å²) in [6, 6.07) is 0. The van der Waals surface area contributed by atoms with Gasteiger partial charge in [0.05, 0.1) is 16.7 Å². The number of nitrogens with one attached hydrogen (secondary N) is 1. The lowest BCUT2D eigenvalue weighted by Gasteiger charge is -2.12. The van der Waals surface area contributed by atoms with Gasteiger partial charge in [0, 0.05) is 12.5 Å². The van der Waals surface area contributed by atoms with Crippen molar-refractivity contribution in [2.45, 2.75) is 33.8 Å². The number of rotatable bonds is 7.